The molecular formula is C10H17NOS. The van der Waals surface area contributed by atoms with E-state index in [4.69, 9.17) is 5.73 Å². The Kier molecular flexibility index (Phi) is 3.90. The third-order valence-corrected chi connectivity index (χ3v) is 3.39. The van der Waals surface area contributed by atoms with Crippen molar-refractivity contribution >= 4 is 11.3 Å². The van der Waals surface area contributed by atoms with Crippen LogP contribution >= 0.6 is 11.3 Å². The van der Waals surface area contributed by atoms with Gasteiger partial charge in [0.25, 0.3) is 0 Å². The molecule has 0 aliphatic rings. The highest BCUT2D eigenvalue weighted by Gasteiger charge is 2.21. The third kappa shape index (κ3) is 3.10. The summed E-state index contributed by atoms with van der Waals surface area (Å²) in [6.07, 6.45) is 2.43. The second-order valence-electron chi connectivity index (χ2n) is 3.36. The maximum atomic E-state index is 9.91. The second kappa shape index (κ2) is 4.74. The lowest BCUT2D eigenvalue weighted by Crippen LogP contribution is -2.37. The molecule has 0 bridgehead atoms. The molecule has 2 nitrogen and oxygen atoms in total. The fraction of sp³-hybridized carbons (Fsp3) is 0.600. The summed E-state index contributed by atoms with van der Waals surface area (Å²) in [6.45, 7) is 2.33. The Labute approximate surface area is 83.4 Å². The molecule has 3 N–H and O–H groups in total. The Morgan fingerprint density at radius 3 is 2.85 bits per heavy atom. The predicted octanol–water partition coefficient (Wildman–Crippen LogP) is 1.78. The predicted molar refractivity (Wildman–Crippen MR) is 56.9 cm³/mol. The lowest BCUT2D eigenvalue weighted by molar-refractivity contribution is 0.0369. The Morgan fingerprint density at radius 1 is 1.62 bits per heavy atom. The minimum absolute atomic E-state index is 0.356. The zero-order valence-electron chi connectivity index (χ0n) is 7.99. The van der Waals surface area contributed by atoms with Crippen molar-refractivity contribution in [2.24, 2.45) is 5.73 Å². The van der Waals surface area contributed by atoms with Gasteiger partial charge >= 0.3 is 0 Å². The molecule has 0 aliphatic heterocycles. The van der Waals surface area contributed by atoms with Crippen LogP contribution in [0.2, 0.25) is 0 Å². The highest BCUT2D eigenvalue weighted by Crippen LogP contribution is 2.19. The Bertz CT molecular complexity index is 229. The number of nitrogens with two attached hydrogens (primary N) is 1. The van der Waals surface area contributed by atoms with Gasteiger partial charge in [0.15, 0.2) is 0 Å². The minimum atomic E-state index is -0.663. The molecule has 0 fully saturated rings. The van der Waals surface area contributed by atoms with Gasteiger partial charge in [0.1, 0.15) is 0 Å². The summed E-state index contributed by atoms with van der Waals surface area (Å²) < 4.78 is 0. The highest BCUT2D eigenvalue weighted by atomic mass is 32.1. The molecule has 3 heteroatoms. The number of hydrogen-bond acceptors (Lipinski definition) is 3. The molecule has 1 aromatic rings. The third-order valence-electron chi connectivity index (χ3n) is 2.45. The minimum Gasteiger partial charge on any atom is -0.389 e. The van der Waals surface area contributed by atoms with E-state index in [0.29, 0.717) is 6.54 Å². The molecular weight excluding hydrogens is 182 g/mol. The van der Waals surface area contributed by atoms with E-state index in [2.05, 4.69) is 11.4 Å². The topological polar surface area (TPSA) is 46.2 Å². The molecule has 0 saturated heterocycles. The van der Waals surface area contributed by atoms with Crippen LogP contribution in [-0.4, -0.2) is 17.3 Å². The maximum Gasteiger partial charge on any atom is 0.0770 e. The molecule has 1 atom stereocenters. The van der Waals surface area contributed by atoms with Gasteiger partial charge in [-0.3, -0.25) is 0 Å². The van der Waals surface area contributed by atoms with Crippen molar-refractivity contribution in [3.63, 3.8) is 0 Å². The van der Waals surface area contributed by atoms with Gasteiger partial charge < -0.3 is 10.8 Å². The van der Waals surface area contributed by atoms with E-state index < -0.39 is 5.60 Å². The molecule has 0 amide bonds. The zero-order chi connectivity index (χ0) is 9.73. The van der Waals surface area contributed by atoms with Crippen molar-refractivity contribution in [2.75, 3.05) is 6.54 Å². The van der Waals surface area contributed by atoms with Crippen LogP contribution < -0.4 is 5.73 Å². The summed E-state index contributed by atoms with van der Waals surface area (Å²) in [6, 6.07) is 4.13. The normalized spacial score (nSPS) is 15.6. The van der Waals surface area contributed by atoms with Crippen molar-refractivity contribution < 1.29 is 5.11 Å². The van der Waals surface area contributed by atoms with E-state index in [1.807, 2.05) is 13.0 Å². The van der Waals surface area contributed by atoms with Crippen molar-refractivity contribution in [1.29, 1.82) is 0 Å². The molecule has 1 heterocycles. The number of thiophene rings is 1. The van der Waals surface area contributed by atoms with Gasteiger partial charge in [-0.2, -0.15) is 0 Å². The molecule has 0 spiro atoms. The molecule has 0 aromatic carbocycles. The first kappa shape index (κ1) is 10.7. The Hall–Kier alpha value is -0.380. The van der Waals surface area contributed by atoms with Crippen LogP contribution in [0, 0.1) is 0 Å². The van der Waals surface area contributed by atoms with E-state index in [9.17, 15) is 5.11 Å². The number of rotatable bonds is 5. The van der Waals surface area contributed by atoms with Gasteiger partial charge in [-0.1, -0.05) is 13.0 Å². The second-order valence-corrected chi connectivity index (χ2v) is 4.39. The summed E-state index contributed by atoms with van der Waals surface area (Å²) in [4.78, 5) is 1.32. The van der Waals surface area contributed by atoms with Gasteiger partial charge in [-0.25, -0.2) is 0 Å². The standard InChI is InChI=1S/C10H17NOS/c1-2-10(12,8-11)6-5-9-4-3-7-13-9/h3-4,7,12H,2,5-6,8,11H2,1H3. The SMILES string of the molecule is CCC(O)(CN)CCc1cccs1. The van der Waals surface area contributed by atoms with Gasteiger partial charge in [-0.05, 0) is 30.7 Å². The summed E-state index contributed by atoms with van der Waals surface area (Å²) in [5.41, 5.74) is 4.85. The van der Waals surface area contributed by atoms with E-state index >= 15 is 0 Å². The van der Waals surface area contributed by atoms with Crippen molar-refractivity contribution in [1.82, 2.24) is 0 Å². The monoisotopic (exact) mass is 199 g/mol. The van der Waals surface area contributed by atoms with Crippen LogP contribution in [0.3, 0.4) is 0 Å². The van der Waals surface area contributed by atoms with Gasteiger partial charge in [0.05, 0.1) is 5.60 Å². The van der Waals surface area contributed by atoms with Crippen molar-refractivity contribution in [2.45, 2.75) is 31.8 Å². The average molecular weight is 199 g/mol. The smallest absolute Gasteiger partial charge is 0.0770 e. The van der Waals surface area contributed by atoms with E-state index in [1.165, 1.54) is 4.88 Å². The molecule has 0 aliphatic carbocycles. The molecule has 0 radical (unpaired) electrons. The Morgan fingerprint density at radius 2 is 2.38 bits per heavy atom. The van der Waals surface area contributed by atoms with Crippen LogP contribution in [0.5, 0.6) is 0 Å². The largest absolute Gasteiger partial charge is 0.389 e. The lowest BCUT2D eigenvalue weighted by Gasteiger charge is -2.24. The molecule has 1 unspecified atom stereocenters. The van der Waals surface area contributed by atoms with Gasteiger partial charge in [0, 0.05) is 11.4 Å². The summed E-state index contributed by atoms with van der Waals surface area (Å²) in [5, 5.41) is 12.0. The maximum absolute atomic E-state index is 9.91. The lowest BCUT2D eigenvalue weighted by atomic mass is 9.94. The Balaban J connectivity index is 2.41. The van der Waals surface area contributed by atoms with Crippen LogP contribution in [0.1, 0.15) is 24.6 Å². The van der Waals surface area contributed by atoms with E-state index in [0.717, 1.165) is 19.3 Å². The van der Waals surface area contributed by atoms with Gasteiger partial charge in [0.2, 0.25) is 0 Å². The fourth-order valence-corrected chi connectivity index (χ4v) is 1.94. The van der Waals surface area contributed by atoms with Crippen LogP contribution in [0.15, 0.2) is 17.5 Å². The molecule has 1 rings (SSSR count). The summed E-state index contributed by atoms with van der Waals surface area (Å²) in [5.74, 6) is 0. The molecule has 13 heavy (non-hydrogen) atoms. The quantitative estimate of drug-likeness (QED) is 0.759. The molecule has 74 valence electrons. The first-order chi connectivity index (χ1) is 6.20. The van der Waals surface area contributed by atoms with Crippen molar-refractivity contribution in [3.05, 3.63) is 22.4 Å². The van der Waals surface area contributed by atoms with Crippen LogP contribution in [-0.2, 0) is 6.42 Å². The van der Waals surface area contributed by atoms with E-state index in [1.54, 1.807) is 11.3 Å². The van der Waals surface area contributed by atoms with Crippen molar-refractivity contribution in [3.8, 4) is 0 Å². The van der Waals surface area contributed by atoms with Crippen LogP contribution in [0.25, 0.3) is 0 Å². The van der Waals surface area contributed by atoms with Crippen LogP contribution in [0.4, 0.5) is 0 Å². The zero-order valence-corrected chi connectivity index (χ0v) is 8.81. The average Bonchev–Trinajstić information content (AvgIpc) is 2.67. The summed E-state index contributed by atoms with van der Waals surface area (Å²) in [7, 11) is 0. The number of hydrogen-bond donors (Lipinski definition) is 2. The van der Waals surface area contributed by atoms with Gasteiger partial charge in [-0.15, -0.1) is 11.3 Å². The molecule has 1 aromatic heterocycles. The number of aryl methyl sites for hydroxylation is 1. The summed E-state index contributed by atoms with van der Waals surface area (Å²) >= 11 is 1.73. The first-order valence-corrected chi connectivity index (χ1v) is 5.53. The highest BCUT2D eigenvalue weighted by molar-refractivity contribution is 7.09. The fourth-order valence-electron chi connectivity index (χ4n) is 1.23. The number of aliphatic hydroxyl groups is 1. The molecule has 0 saturated carbocycles. The first-order valence-electron chi connectivity index (χ1n) is 4.65. The van der Waals surface area contributed by atoms with E-state index in [-0.39, 0.29) is 0 Å².